The highest BCUT2D eigenvalue weighted by Crippen LogP contribution is 2.12. The maximum absolute atomic E-state index is 12.2. The van der Waals surface area contributed by atoms with Crippen molar-refractivity contribution in [1.82, 2.24) is 5.32 Å². The Balaban J connectivity index is 3.76. The molecule has 0 aromatic carbocycles. The van der Waals surface area contributed by atoms with Crippen LogP contribution in [0.5, 0.6) is 0 Å². The Hall–Kier alpha value is -1.07. The van der Waals surface area contributed by atoms with E-state index in [0.29, 0.717) is 52.9 Å². The summed E-state index contributed by atoms with van der Waals surface area (Å²) in [5, 5.41) is 12.5. The zero-order valence-electron chi connectivity index (χ0n) is 25.2. The Labute approximate surface area is 238 Å². The van der Waals surface area contributed by atoms with Crippen LogP contribution in [0.15, 0.2) is 12.2 Å². The Morgan fingerprint density at radius 2 is 1.21 bits per heavy atom. The van der Waals surface area contributed by atoms with Crippen LogP contribution < -0.4 is 5.32 Å². The van der Waals surface area contributed by atoms with Crippen molar-refractivity contribution in [2.75, 3.05) is 80.3 Å². The molecule has 9 heteroatoms. The number of rotatable bonds is 31. The van der Waals surface area contributed by atoms with Gasteiger partial charge in [-0.05, 0) is 12.8 Å². The summed E-state index contributed by atoms with van der Waals surface area (Å²) >= 11 is 0. The number of aliphatic hydroxyl groups is 1. The van der Waals surface area contributed by atoms with Crippen LogP contribution in [0.1, 0.15) is 84.0 Å². The highest BCUT2D eigenvalue weighted by Gasteiger charge is 2.20. The van der Waals surface area contributed by atoms with E-state index in [0.717, 1.165) is 12.8 Å². The maximum Gasteiger partial charge on any atom is 0.246 e. The van der Waals surface area contributed by atoms with Crippen LogP contribution in [0.4, 0.5) is 0 Å². The number of allylic oxidation sites excluding steroid dienone is 1. The summed E-state index contributed by atoms with van der Waals surface area (Å²) in [5.74, 6) is -0.299. The van der Waals surface area contributed by atoms with Crippen molar-refractivity contribution in [2.45, 2.75) is 96.1 Å². The zero-order valence-corrected chi connectivity index (χ0v) is 25.2. The second-order valence-electron chi connectivity index (χ2n) is 9.69. The van der Waals surface area contributed by atoms with Crippen LogP contribution in [0.3, 0.4) is 0 Å². The predicted molar refractivity (Wildman–Crippen MR) is 155 cm³/mol. The standard InChI is InChI=1S/C30H59NO8/c1-4-5-6-7-8-9-10-11-12-13-14-15-16-17-29(35-3)28(26-32)31-30(33)27-39-25-24-38-23-22-37-21-20-36-19-18-34-2/h16-17,28-29,32H,4-15,18-27H2,1-3H3,(H,31,33)/b17-16+. The first-order valence-electron chi connectivity index (χ1n) is 15.1. The summed E-state index contributed by atoms with van der Waals surface area (Å²) in [5.41, 5.74) is 0. The number of ether oxygens (including phenoxy) is 6. The molecular formula is C30H59NO8. The minimum atomic E-state index is -0.522. The van der Waals surface area contributed by atoms with Crippen molar-refractivity contribution >= 4 is 5.91 Å². The molecule has 0 aliphatic heterocycles. The Morgan fingerprint density at radius 1 is 0.718 bits per heavy atom. The third-order valence-electron chi connectivity index (χ3n) is 6.29. The van der Waals surface area contributed by atoms with Crippen LogP contribution in [0.2, 0.25) is 0 Å². The van der Waals surface area contributed by atoms with Crippen molar-refractivity contribution in [3.05, 3.63) is 12.2 Å². The molecule has 0 bridgehead atoms. The van der Waals surface area contributed by atoms with E-state index in [-0.39, 0.29) is 25.2 Å². The third-order valence-corrected chi connectivity index (χ3v) is 6.29. The molecule has 1 amide bonds. The number of hydrogen-bond donors (Lipinski definition) is 2. The minimum absolute atomic E-state index is 0.103. The van der Waals surface area contributed by atoms with E-state index in [4.69, 9.17) is 28.4 Å². The molecule has 0 radical (unpaired) electrons. The molecule has 0 aromatic rings. The molecule has 9 nitrogen and oxygen atoms in total. The molecule has 232 valence electrons. The molecule has 0 spiro atoms. The lowest BCUT2D eigenvalue weighted by atomic mass is 10.0. The molecular weight excluding hydrogens is 502 g/mol. The molecule has 0 aromatic heterocycles. The fourth-order valence-corrected chi connectivity index (χ4v) is 3.98. The summed E-state index contributed by atoms with van der Waals surface area (Å²) in [6, 6.07) is -0.522. The topological polar surface area (TPSA) is 105 Å². The van der Waals surface area contributed by atoms with Crippen LogP contribution in [0.25, 0.3) is 0 Å². The number of nitrogens with one attached hydrogen (secondary N) is 1. The maximum atomic E-state index is 12.2. The highest BCUT2D eigenvalue weighted by molar-refractivity contribution is 5.77. The molecule has 0 aliphatic rings. The molecule has 0 rings (SSSR count). The van der Waals surface area contributed by atoms with E-state index in [1.165, 1.54) is 64.2 Å². The lowest BCUT2D eigenvalue weighted by Crippen LogP contribution is -2.47. The summed E-state index contributed by atoms with van der Waals surface area (Å²) < 4.78 is 31.8. The number of amides is 1. The van der Waals surface area contributed by atoms with E-state index in [2.05, 4.69) is 18.3 Å². The van der Waals surface area contributed by atoms with Gasteiger partial charge in [-0.15, -0.1) is 0 Å². The van der Waals surface area contributed by atoms with Crippen molar-refractivity contribution < 1.29 is 38.3 Å². The van der Waals surface area contributed by atoms with Crippen molar-refractivity contribution in [2.24, 2.45) is 0 Å². The number of carbonyl (C=O) groups excluding carboxylic acids is 1. The van der Waals surface area contributed by atoms with E-state index in [1.807, 2.05) is 6.08 Å². The van der Waals surface area contributed by atoms with E-state index >= 15 is 0 Å². The van der Waals surface area contributed by atoms with E-state index in [9.17, 15) is 9.90 Å². The van der Waals surface area contributed by atoms with Gasteiger partial charge in [0.15, 0.2) is 0 Å². The molecule has 2 N–H and O–H groups in total. The number of methoxy groups -OCH3 is 2. The smallest absolute Gasteiger partial charge is 0.246 e. The average Bonchev–Trinajstić information content (AvgIpc) is 2.94. The minimum Gasteiger partial charge on any atom is -0.394 e. The van der Waals surface area contributed by atoms with Gasteiger partial charge in [0.25, 0.3) is 0 Å². The van der Waals surface area contributed by atoms with Gasteiger partial charge in [-0.25, -0.2) is 0 Å². The summed E-state index contributed by atoms with van der Waals surface area (Å²) in [4.78, 5) is 12.2. The van der Waals surface area contributed by atoms with Crippen LogP contribution in [-0.4, -0.2) is 103 Å². The van der Waals surface area contributed by atoms with Crippen LogP contribution >= 0.6 is 0 Å². The quantitative estimate of drug-likeness (QED) is 0.0945. The lowest BCUT2D eigenvalue weighted by molar-refractivity contribution is -0.128. The van der Waals surface area contributed by atoms with Crippen molar-refractivity contribution in [1.29, 1.82) is 0 Å². The molecule has 0 heterocycles. The molecule has 0 fully saturated rings. The monoisotopic (exact) mass is 561 g/mol. The summed E-state index contributed by atoms with van der Waals surface area (Å²) in [7, 11) is 3.22. The highest BCUT2D eigenvalue weighted by atomic mass is 16.6. The van der Waals surface area contributed by atoms with Gasteiger partial charge in [-0.3, -0.25) is 4.79 Å². The van der Waals surface area contributed by atoms with Gasteiger partial charge >= 0.3 is 0 Å². The predicted octanol–water partition coefficient (Wildman–Crippen LogP) is 4.45. The molecule has 2 atom stereocenters. The molecule has 0 saturated heterocycles. The van der Waals surface area contributed by atoms with Crippen molar-refractivity contribution in [3.8, 4) is 0 Å². The van der Waals surface area contributed by atoms with Gasteiger partial charge in [0, 0.05) is 14.2 Å². The number of carbonyl (C=O) groups is 1. The molecule has 39 heavy (non-hydrogen) atoms. The second kappa shape index (κ2) is 31.5. The number of hydrogen-bond acceptors (Lipinski definition) is 8. The number of unbranched alkanes of at least 4 members (excludes halogenated alkanes) is 11. The van der Waals surface area contributed by atoms with Gasteiger partial charge in [0.05, 0.1) is 71.6 Å². The van der Waals surface area contributed by atoms with Gasteiger partial charge in [-0.2, -0.15) is 0 Å². The Kier molecular flexibility index (Phi) is 30.6. The normalized spacial score (nSPS) is 13.2. The van der Waals surface area contributed by atoms with E-state index in [1.54, 1.807) is 14.2 Å². The zero-order chi connectivity index (χ0) is 28.7. The van der Waals surface area contributed by atoms with Gasteiger partial charge < -0.3 is 38.8 Å². The van der Waals surface area contributed by atoms with Gasteiger partial charge in [0.1, 0.15) is 6.61 Å². The first-order valence-corrected chi connectivity index (χ1v) is 15.1. The Morgan fingerprint density at radius 3 is 1.69 bits per heavy atom. The van der Waals surface area contributed by atoms with Crippen LogP contribution in [0, 0.1) is 0 Å². The SMILES string of the molecule is CCCCCCCCCCCCC/C=C/C(OC)C(CO)NC(=O)COCCOCCOCCOCCOC. The first-order chi connectivity index (χ1) is 19.2. The summed E-state index contributed by atoms with van der Waals surface area (Å²) in [6.45, 7) is 5.68. The molecule has 0 aliphatic carbocycles. The van der Waals surface area contributed by atoms with Crippen LogP contribution in [-0.2, 0) is 33.2 Å². The molecule has 0 saturated carbocycles. The van der Waals surface area contributed by atoms with Gasteiger partial charge in [0.2, 0.25) is 5.91 Å². The summed E-state index contributed by atoms with van der Waals surface area (Å²) in [6.07, 6.45) is 19.2. The average molecular weight is 562 g/mol. The first kappa shape index (κ1) is 37.9. The largest absolute Gasteiger partial charge is 0.394 e. The van der Waals surface area contributed by atoms with E-state index < -0.39 is 6.04 Å². The Bertz CT molecular complexity index is 535. The molecule has 2 unspecified atom stereocenters. The fourth-order valence-electron chi connectivity index (χ4n) is 3.98. The fraction of sp³-hybridized carbons (Fsp3) is 0.900. The lowest BCUT2D eigenvalue weighted by Gasteiger charge is -2.23. The number of aliphatic hydroxyl groups excluding tert-OH is 1. The second-order valence-corrected chi connectivity index (χ2v) is 9.69. The van der Waals surface area contributed by atoms with Gasteiger partial charge in [-0.1, -0.05) is 83.3 Å². The third kappa shape index (κ3) is 26.9. The van der Waals surface area contributed by atoms with Crippen molar-refractivity contribution in [3.63, 3.8) is 0 Å².